The largest absolute Gasteiger partial charge is 0.384 e. The number of nitrogen functional groups attached to an aromatic ring is 1. The molecule has 8 heteroatoms. The molecule has 0 bridgehead atoms. The van der Waals surface area contributed by atoms with Gasteiger partial charge in [0.2, 0.25) is 0 Å². The van der Waals surface area contributed by atoms with Crippen molar-refractivity contribution in [1.82, 2.24) is 19.4 Å². The molecule has 298 valence electrons. The van der Waals surface area contributed by atoms with Gasteiger partial charge >= 0.3 is 0 Å². The molecule has 8 nitrogen and oxygen atoms in total. The Labute approximate surface area is 347 Å². The molecule has 1 amide bonds. The molecule has 2 heterocycles. The summed E-state index contributed by atoms with van der Waals surface area (Å²) >= 11 is 0. The molecule has 0 saturated carbocycles. The van der Waals surface area contributed by atoms with Crippen LogP contribution in [0.3, 0.4) is 0 Å². The first-order chi connectivity index (χ1) is 28.9. The maximum Gasteiger partial charge on any atom is 0.254 e. The normalized spacial score (nSPS) is 14.0. The predicted octanol–water partition coefficient (Wildman–Crippen LogP) is 8.64. The Kier molecular flexibility index (Phi) is 12.1. The van der Waals surface area contributed by atoms with Crippen molar-refractivity contribution in [3.8, 4) is 0 Å². The Morgan fingerprint density at radius 1 is 0.661 bits per heavy atom. The molecule has 0 aliphatic carbocycles. The van der Waals surface area contributed by atoms with Gasteiger partial charge in [0.25, 0.3) is 5.91 Å². The number of nitrogens with two attached hydrogens (primary N) is 2. The molecule has 1 aliphatic heterocycles. The van der Waals surface area contributed by atoms with Gasteiger partial charge in [-0.05, 0) is 83.9 Å². The summed E-state index contributed by atoms with van der Waals surface area (Å²) in [5.74, 6) is 1.03. The fourth-order valence-electron chi connectivity index (χ4n) is 8.59. The minimum Gasteiger partial charge on any atom is -0.384 e. The molecule has 0 atom stereocenters. The number of amidine groups is 1. The third-order valence-electron chi connectivity index (χ3n) is 12.0. The lowest BCUT2D eigenvalue weighted by molar-refractivity contribution is 0.0730. The summed E-state index contributed by atoms with van der Waals surface area (Å²) in [4.78, 5) is 24.4. The Bertz CT molecular complexity index is 2470. The van der Waals surface area contributed by atoms with E-state index in [1.54, 1.807) is 0 Å². The van der Waals surface area contributed by atoms with Gasteiger partial charge < -0.3 is 20.9 Å². The highest BCUT2D eigenvalue weighted by molar-refractivity contribution is 5.97. The lowest BCUT2D eigenvalue weighted by atomic mass is 9.72. The van der Waals surface area contributed by atoms with Crippen LogP contribution < -0.4 is 11.5 Å². The summed E-state index contributed by atoms with van der Waals surface area (Å²) in [6.07, 6.45) is 3.55. The highest BCUT2D eigenvalue weighted by Crippen LogP contribution is 2.39. The summed E-state index contributed by atoms with van der Waals surface area (Å²) in [5, 5.41) is 7.84. The number of hydrogen-bond donors (Lipinski definition) is 3. The molecule has 0 unspecified atom stereocenters. The number of carbonyl (C=O) groups is 1. The topological polar surface area (TPSA) is 117 Å². The predicted molar refractivity (Wildman–Crippen MR) is 238 cm³/mol. The van der Waals surface area contributed by atoms with Gasteiger partial charge in [0, 0.05) is 55.7 Å². The van der Waals surface area contributed by atoms with Gasteiger partial charge in [0.1, 0.15) is 11.7 Å². The van der Waals surface area contributed by atoms with E-state index < -0.39 is 0 Å². The molecule has 0 radical (unpaired) electrons. The Hall–Kier alpha value is -6.35. The highest BCUT2D eigenvalue weighted by atomic mass is 16.2. The van der Waals surface area contributed by atoms with Gasteiger partial charge in [-0.2, -0.15) is 0 Å². The van der Waals surface area contributed by atoms with Gasteiger partial charge in [-0.25, -0.2) is 4.98 Å². The van der Waals surface area contributed by atoms with Gasteiger partial charge in [0.15, 0.2) is 0 Å². The van der Waals surface area contributed by atoms with Crippen molar-refractivity contribution in [2.24, 2.45) is 11.5 Å². The van der Waals surface area contributed by atoms with E-state index >= 15 is 0 Å². The van der Waals surface area contributed by atoms with Crippen molar-refractivity contribution in [2.45, 2.75) is 63.8 Å². The number of aromatic nitrogens is 2. The maximum atomic E-state index is 14.6. The minimum atomic E-state index is -0.0968. The third kappa shape index (κ3) is 9.36. The van der Waals surface area contributed by atoms with Gasteiger partial charge in [-0.15, -0.1) is 0 Å². The van der Waals surface area contributed by atoms with E-state index in [9.17, 15) is 4.79 Å². The number of amides is 1. The zero-order chi connectivity index (χ0) is 40.6. The third-order valence-corrected chi connectivity index (χ3v) is 12.0. The molecule has 1 aromatic heterocycles. The van der Waals surface area contributed by atoms with Crippen LogP contribution in [0.15, 0.2) is 158 Å². The van der Waals surface area contributed by atoms with Crippen LogP contribution in [0.4, 0.5) is 0 Å². The summed E-state index contributed by atoms with van der Waals surface area (Å²) in [6, 6.07) is 54.2. The molecule has 0 spiro atoms. The van der Waals surface area contributed by atoms with E-state index in [0.717, 1.165) is 96.5 Å². The number of imidazole rings is 1. The average molecular weight is 780 g/mol. The summed E-state index contributed by atoms with van der Waals surface area (Å²) in [6.45, 7) is 5.17. The summed E-state index contributed by atoms with van der Waals surface area (Å²) in [5.41, 5.74) is 21.8. The van der Waals surface area contributed by atoms with Crippen molar-refractivity contribution in [1.29, 1.82) is 5.41 Å². The molecular weight excluding hydrogens is 727 g/mol. The fraction of sp³-hybridized carbons (Fsp3) is 0.235. The zero-order valence-electron chi connectivity index (χ0n) is 33.6. The van der Waals surface area contributed by atoms with Crippen molar-refractivity contribution in [3.63, 3.8) is 0 Å². The number of piperidine rings is 1. The van der Waals surface area contributed by atoms with Crippen LogP contribution in [0.5, 0.6) is 0 Å². The van der Waals surface area contributed by atoms with Crippen molar-refractivity contribution < 1.29 is 4.79 Å². The smallest absolute Gasteiger partial charge is 0.254 e. The first kappa shape index (κ1) is 39.5. The number of fused-ring (bicyclic) bond motifs is 1. The quantitative estimate of drug-likeness (QED) is 0.0712. The molecule has 6 aromatic carbocycles. The van der Waals surface area contributed by atoms with E-state index in [1.165, 1.54) is 11.1 Å². The first-order valence-electron chi connectivity index (χ1n) is 20.7. The monoisotopic (exact) mass is 779 g/mol. The number of carbonyl (C=O) groups excluding carboxylic acids is 1. The van der Waals surface area contributed by atoms with E-state index in [4.69, 9.17) is 21.9 Å². The summed E-state index contributed by atoms with van der Waals surface area (Å²) < 4.78 is 2.44. The number of aryl methyl sites for hydroxylation is 2. The van der Waals surface area contributed by atoms with Crippen LogP contribution in [0, 0.1) is 5.41 Å². The number of rotatable bonds is 15. The van der Waals surface area contributed by atoms with Crippen molar-refractivity contribution in [2.75, 3.05) is 13.1 Å². The summed E-state index contributed by atoms with van der Waals surface area (Å²) in [7, 11) is 0. The SMILES string of the molecule is N=C(N)c1ccc(CCc2nc3cc(C(=O)N(Cc4ccccc4)Cc4ccc(CN)cc4)ccc3n2CC2(c3ccccc3)CCN(Cc3ccccc3)CC2)cc1. The second-order valence-electron chi connectivity index (χ2n) is 16.0. The second kappa shape index (κ2) is 18.1. The van der Waals surface area contributed by atoms with Crippen molar-refractivity contribution in [3.05, 3.63) is 208 Å². The van der Waals surface area contributed by atoms with Gasteiger partial charge in [-0.3, -0.25) is 15.1 Å². The van der Waals surface area contributed by atoms with Crippen molar-refractivity contribution >= 4 is 22.8 Å². The molecule has 1 aliphatic rings. The maximum absolute atomic E-state index is 14.6. The molecule has 59 heavy (non-hydrogen) atoms. The number of hydrogen-bond acceptors (Lipinski definition) is 5. The zero-order valence-corrected chi connectivity index (χ0v) is 33.6. The van der Waals surface area contributed by atoms with Crippen LogP contribution in [-0.2, 0) is 51.0 Å². The van der Waals surface area contributed by atoms with Crippen LogP contribution in [-0.4, -0.2) is 44.2 Å². The molecule has 1 fully saturated rings. The molecular formula is C51H53N7O. The number of nitrogens with zero attached hydrogens (tertiary/aromatic N) is 4. The lowest BCUT2D eigenvalue weighted by Gasteiger charge is -2.43. The van der Waals surface area contributed by atoms with Crippen LogP contribution in [0.25, 0.3) is 11.0 Å². The minimum absolute atomic E-state index is 0.0353. The second-order valence-corrected chi connectivity index (χ2v) is 16.0. The van der Waals surface area contributed by atoms with Gasteiger partial charge in [0.05, 0.1) is 11.0 Å². The number of benzene rings is 6. The number of nitrogens with one attached hydrogen (secondary N) is 1. The molecule has 7 aromatic rings. The first-order valence-corrected chi connectivity index (χ1v) is 20.7. The van der Waals surface area contributed by atoms with Crippen LogP contribution in [0.2, 0.25) is 0 Å². The van der Waals surface area contributed by atoms with E-state index in [2.05, 4.69) is 113 Å². The highest BCUT2D eigenvalue weighted by Gasteiger charge is 2.37. The molecule has 5 N–H and O–H groups in total. The molecule has 8 rings (SSSR count). The number of likely N-dealkylation sites (tertiary alicyclic amines) is 1. The van der Waals surface area contributed by atoms with Gasteiger partial charge in [-0.1, -0.05) is 140 Å². The standard InChI is InChI=1S/C51H53N7O/c52-33-39-16-18-42(19-17-39)36-57(35-41-12-6-2-7-13-41)50(59)44-25-26-47-46(32-44)55-48(27-22-38-20-23-43(24-21-38)49(53)54)58(47)37-51(45-14-8-3-9-15-45)28-30-56(31-29-51)34-40-10-4-1-5-11-40/h1-21,23-26,32H,22,27-31,33-37,52H2,(H3,53,54). The van der Waals surface area contributed by atoms with E-state index in [1.807, 2.05) is 59.5 Å². The average Bonchev–Trinajstić information content (AvgIpc) is 3.62. The molecule has 1 saturated heterocycles. The van der Waals surface area contributed by atoms with E-state index in [-0.39, 0.29) is 17.2 Å². The Balaban J connectivity index is 1.13. The van der Waals surface area contributed by atoms with Crippen LogP contribution in [0.1, 0.15) is 68.0 Å². The Morgan fingerprint density at radius 3 is 1.85 bits per heavy atom. The van der Waals surface area contributed by atoms with Crippen LogP contribution >= 0.6 is 0 Å². The fourth-order valence-corrected chi connectivity index (χ4v) is 8.59. The Morgan fingerprint density at radius 2 is 1.22 bits per heavy atom. The van der Waals surface area contributed by atoms with E-state index in [0.29, 0.717) is 25.2 Å². The lowest BCUT2D eigenvalue weighted by Crippen LogP contribution is -2.44.